The number of nitrogens with zero attached hydrogens (tertiary/aromatic N) is 1. The fourth-order valence-corrected chi connectivity index (χ4v) is 2.75. The van der Waals surface area contributed by atoms with Gasteiger partial charge in [0.15, 0.2) is 5.96 Å². The Labute approximate surface area is 159 Å². The standard InChI is InChI=1S/C17H23N3OS.HI/c1-12(2)21-16-6-4-15(5-7-16)20-17(18)19-10-13(3)14-8-9-22-11-14;/h4-9,11-13H,10H2,1-3H3,(H3,18,19,20);1H. The van der Waals surface area contributed by atoms with Crippen LogP contribution in [0.15, 0.2) is 46.1 Å². The van der Waals surface area contributed by atoms with Crippen LogP contribution in [-0.2, 0) is 0 Å². The maximum Gasteiger partial charge on any atom is 0.193 e. The van der Waals surface area contributed by atoms with Crippen molar-refractivity contribution in [2.24, 2.45) is 10.7 Å². The molecule has 0 aliphatic rings. The number of thiophene rings is 1. The van der Waals surface area contributed by atoms with Crippen molar-refractivity contribution in [3.05, 3.63) is 46.7 Å². The summed E-state index contributed by atoms with van der Waals surface area (Å²) in [6.07, 6.45) is 0.170. The molecule has 4 nitrogen and oxygen atoms in total. The minimum absolute atomic E-state index is 0. The molecule has 0 saturated carbocycles. The number of aliphatic imine (C=N–C) groups is 1. The van der Waals surface area contributed by atoms with E-state index in [2.05, 4.69) is 34.1 Å². The minimum Gasteiger partial charge on any atom is -0.491 e. The number of anilines is 1. The Morgan fingerprint density at radius 2 is 1.91 bits per heavy atom. The average molecular weight is 445 g/mol. The van der Waals surface area contributed by atoms with Gasteiger partial charge in [0.05, 0.1) is 6.10 Å². The van der Waals surface area contributed by atoms with Crippen LogP contribution in [0.1, 0.15) is 32.3 Å². The predicted molar refractivity (Wildman–Crippen MR) is 110 cm³/mol. The van der Waals surface area contributed by atoms with Gasteiger partial charge in [-0.3, -0.25) is 4.99 Å². The molecule has 0 saturated heterocycles. The molecule has 3 N–H and O–H groups in total. The van der Waals surface area contributed by atoms with Crippen molar-refractivity contribution in [3.8, 4) is 5.75 Å². The van der Waals surface area contributed by atoms with E-state index in [-0.39, 0.29) is 30.1 Å². The van der Waals surface area contributed by atoms with Crippen LogP contribution in [0.2, 0.25) is 0 Å². The van der Waals surface area contributed by atoms with Gasteiger partial charge in [-0.05, 0) is 60.5 Å². The first-order valence-corrected chi connectivity index (χ1v) is 8.34. The zero-order chi connectivity index (χ0) is 15.9. The molecular formula is C17H24IN3OS. The zero-order valence-corrected chi connectivity index (χ0v) is 16.8. The summed E-state index contributed by atoms with van der Waals surface area (Å²) in [6, 6.07) is 9.83. The third-order valence-corrected chi connectivity index (χ3v) is 3.85. The topological polar surface area (TPSA) is 59.6 Å². The van der Waals surface area contributed by atoms with E-state index < -0.39 is 0 Å². The van der Waals surface area contributed by atoms with Crippen molar-refractivity contribution in [1.29, 1.82) is 0 Å². The third kappa shape index (κ3) is 6.78. The van der Waals surface area contributed by atoms with Gasteiger partial charge in [-0.1, -0.05) is 6.92 Å². The van der Waals surface area contributed by atoms with E-state index in [1.54, 1.807) is 11.3 Å². The van der Waals surface area contributed by atoms with Crippen molar-refractivity contribution >= 4 is 47.0 Å². The van der Waals surface area contributed by atoms with E-state index in [1.165, 1.54) is 5.56 Å². The summed E-state index contributed by atoms with van der Waals surface area (Å²) < 4.78 is 5.61. The van der Waals surface area contributed by atoms with E-state index in [0.717, 1.165) is 11.4 Å². The highest BCUT2D eigenvalue weighted by Crippen LogP contribution is 2.19. The highest BCUT2D eigenvalue weighted by Gasteiger charge is 2.05. The lowest BCUT2D eigenvalue weighted by molar-refractivity contribution is 0.242. The average Bonchev–Trinajstić information content (AvgIpc) is 3.00. The molecule has 0 fully saturated rings. The number of guanidine groups is 1. The summed E-state index contributed by atoms with van der Waals surface area (Å²) in [5.74, 6) is 1.65. The molecule has 0 aliphatic heterocycles. The number of benzene rings is 1. The van der Waals surface area contributed by atoms with E-state index >= 15 is 0 Å². The molecule has 1 atom stereocenters. The largest absolute Gasteiger partial charge is 0.491 e. The van der Waals surface area contributed by atoms with Gasteiger partial charge in [0.25, 0.3) is 0 Å². The van der Waals surface area contributed by atoms with Gasteiger partial charge in [-0.2, -0.15) is 11.3 Å². The zero-order valence-electron chi connectivity index (χ0n) is 13.7. The van der Waals surface area contributed by atoms with Crippen LogP contribution in [0.25, 0.3) is 0 Å². The van der Waals surface area contributed by atoms with Gasteiger partial charge in [0.2, 0.25) is 0 Å². The molecule has 0 amide bonds. The van der Waals surface area contributed by atoms with Crippen molar-refractivity contribution in [2.75, 3.05) is 11.9 Å². The Morgan fingerprint density at radius 1 is 1.22 bits per heavy atom. The van der Waals surface area contributed by atoms with Crippen LogP contribution in [0, 0.1) is 0 Å². The van der Waals surface area contributed by atoms with Gasteiger partial charge in [-0.15, -0.1) is 24.0 Å². The first kappa shape index (κ1) is 19.8. The fourth-order valence-electron chi connectivity index (χ4n) is 1.97. The van der Waals surface area contributed by atoms with Gasteiger partial charge in [0, 0.05) is 18.2 Å². The molecule has 0 spiro atoms. The second kappa shape index (κ2) is 9.77. The maximum absolute atomic E-state index is 5.94. The first-order chi connectivity index (χ1) is 10.5. The SMILES string of the molecule is CC(C)Oc1ccc(NC(N)=NCC(C)c2ccsc2)cc1.I. The number of halogens is 1. The summed E-state index contributed by atoms with van der Waals surface area (Å²) in [6.45, 7) is 6.83. The molecule has 0 aliphatic carbocycles. The molecular weight excluding hydrogens is 421 g/mol. The number of nitrogens with one attached hydrogen (secondary N) is 1. The lowest BCUT2D eigenvalue weighted by atomic mass is 10.1. The molecule has 2 aromatic rings. The van der Waals surface area contributed by atoms with Gasteiger partial charge >= 0.3 is 0 Å². The molecule has 1 heterocycles. The summed E-state index contributed by atoms with van der Waals surface area (Å²) in [5.41, 5.74) is 8.14. The van der Waals surface area contributed by atoms with Gasteiger partial charge in [0.1, 0.15) is 5.75 Å². The molecule has 2 rings (SSSR count). The number of hydrogen-bond acceptors (Lipinski definition) is 3. The lowest BCUT2D eigenvalue weighted by Crippen LogP contribution is -2.23. The monoisotopic (exact) mass is 445 g/mol. The lowest BCUT2D eigenvalue weighted by Gasteiger charge is -2.11. The van der Waals surface area contributed by atoms with Crippen LogP contribution in [0.3, 0.4) is 0 Å². The highest BCUT2D eigenvalue weighted by molar-refractivity contribution is 14.0. The Hall–Kier alpha value is -1.28. The quantitative estimate of drug-likeness (QED) is 0.386. The Morgan fingerprint density at radius 3 is 2.48 bits per heavy atom. The second-order valence-electron chi connectivity index (χ2n) is 5.50. The molecule has 23 heavy (non-hydrogen) atoms. The fraction of sp³-hybridized carbons (Fsp3) is 0.353. The van der Waals surface area contributed by atoms with Crippen molar-refractivity contribution in [2.45, 2.75) is 32.8 Å². The van der Waals surface area contributed by atoms with Crippen molar-refractivity contribution in [1.82, 2.24) is 0 Å². The number of nitrogens with two attached hydrogens (primary N) is 1. The van der Waals surface area contributed by atoms with Crippen molar-refractivity contribution < 1.29 is 4.74 Å². The summed E-state index contributed by atoms with van der Waals surface area (Å²) in [5, 5.41) is 7.33. The molecule has 1 unspecified atom stereocenters. The second-order valence-corrected chi connectivity index (χ2v) is 6.28. The van der Waals surface area contributed by atoms with Crippen LogP contribution >= 0.6 is 35.3 Å². The van der Waals surface area contributed by atoms with E-state index in [1.807, 2.05) is 38.1 Å². The maximum atomic E-state index is 5.94. The van der Waals surface area contributed by atoms with Crippen LogP contribution < -0.4 is 15.8 Å². The van der Waals surface area contributed by atoms with Crippen LogP contribution in [-0.4, -0.2) is 18.6 Å². The van der Waals surface area contributed by atoms with Gasteiger partial charge in [-0.25, -0.2) is 0 Å². The summed E-state index contributed by atoms with van der Waals surface area (Å²) >= 11 is 1.70. The number of rotatable bonds is 6. The Kier molecular flexibility index (Phi) is 8.40. The number of ether oxygens (including phenoxy) is 1. The van der Waals surface area contributed by atoms with E-state index in [4.69, 9.17) is 10.5 Å². The summed E-state index contributed by atoms with van der Waals surface area (Å²) in [7, 11) is 0. The summed E-state index contributed by atoms with van der Waals surface area (Å²) in [4.78, 5) is 4.40. The smallest absolute Gasteiger partial charge is 0.193 e. The Bertz CT molecular complexity index is 597. The molecule has 6 heteroatoms. The van der Waals surface area contributed by atoms with E-state index in [9.17, 15) is 0 Å². The van der Waals surface area contributed by atoms with Crippen LogP contribution in [0.4, 0.5) is 5.69 Å². The molecule has 1 aromatic heterocycles. The van der Waals surface area contributed by atoms with E-state index in [0.29, 0.717) is 18.4 Å². The Balaban J connectivity index is 0.00000264. The highest BCUT2D eigenvalue weighted by atomic mass is 127. The van der Waals surface area contributed by atoms with Gasteiger partial charge < -0.3 is 15.8 Å². The molecule has 1 aromatic carbocycles. The molecule has 0 radical (unpaired) electrons. The first-order valence-electron chi connectivity index (χ1n) is 7.40. The number of hydrogen-bond donors (Lipinski definition) is 2. The molecule has 126 valence electrons. The third-order valence-electron chi connectivity index (χ3n) is 3.15. The minimum atomic E-state index is 0. The normalized spacial score (nSPS) is 12.6. The predicted octanol–water partition coefficient (Wildman–Crippen LogP) is 4.68. The van der Waals surface area contributed by atoms with Crippen molar-refractivity contribution in [3.63, 3.8) is 0 Å². The van der Waals surface area contributed by atoms with Crippen LogP contribution in [0.5, 0.6) is 5.75 Å². The molecule has 0 bridgehead atoms.